The first kappa shape index (κ1) is 17.3. The molecule has 8 heteroatoms. The molecule has 4 nitrogen and oxygen atoms in total. The summed E-state index contributed by atoms with van der Waals surface area (Å²) in [6.45, 7) is -0.126. The Bertz CT molecular complexity index is 771. The average molecular weight is 345 g/mol. The monoisotopic (exact) mass is 345 g/mol. The minimum absolute atomic E-state index is 0.0330. The molecule has 0 saturated carbocycles. The maximum Gasteiger partial charge on any atom is 0.416 e. The zero-order valence-corrected chi connectivity index (χ0v) is 12.9. The molecule has 1 N–H and O–H groups in total. The van der Waals surface area contributed by atoms with Crippen LogP contribution in [0.4, 0.5) is 13.2 Å². The molecule has 0 fully saturated rings. The third kappa shape index (κ3) is 4.23. The van der Waals surface area contributed by atoms with Crippen LogP contribution in [0, 0.1) is 0 Å². The lowest BCUT2D eigenvalue weighted by Crippen LogP contribution is -2.23. The Morgan fingerprint density at radius 3 is 2.22 bits per heavy atom. The highest BCUT2D eigenvalue weighted by molar-refractivity contribution is 7.89. The Morgan fingerprint density at radius 1 is 1.04 bits per heavy atom. The normalized spacial score (nSPS) is 12.2. The number of alkyl halides is 3. The largest absolute Gasteiger partial charge is 0.495 e. The summed E-state index contributed by atoms with van der Waals surface area (Å²) < 4.78 is 69.2. The Balaban J connectivity index is 2.13. The molecule has 0 aliphatic rings. The van der Waals surface area contributed by atoms with Crippen LogP contribution in [0.1, 0.15) is 11.1 Å². The van der Waals surface area contributed by atoms with Crippen LogP contribution in [0.5, 0.6) is 5.75 Å². The van der Waals surface area contributed by atoms with Crippen molar-refractivity contribution in [3.05, 3.63) is 59.7 Å². The smallest absolute Gasteiger partial charge is 0.416 e. The summed E-state index contributed by atoms with van der Waals surface area (Å²) in [7, 11) is -2.49. The summed E-state index contributed by atoms with van der Waals surface area (Å²) in [6, 6.07) is 10.4. The highest BCUT2D eigenvalue weighted by Gasteiger charge is 2.30. The quantitative estimate of drug-likeness (QED) is 0.905. The lowest BCUT2D eigenvalue weighted by molar-refractivity contribution is -0.137. The van der Waals surface area contributed by atoms with E-state index in [1.165, 1.54) is 31.4 Å². The Labute approximate surface area is 132 Å². The fourth-order valence-corrected chi connectivity index (χ4v) is 3.09. The maximum atomic E-state index is 12.5. The zero-order valence-electron chi connectivity index (χ0n) is 12.1. The van der Waals surface area contributed by atoms with Gasteiger partial charge in [0.15, 0.2) is 0 Å². The van der Waals surface area contributed by atoms with Crippen molar-refractivity contribution in [2.75, 3.05) is 7.11 Å². The van der Waals surface area contributed by atoms with Crippen molar-refractivity contribution in [2.45, 2.75) is 17.6 Å². The second-order valence-electron chi connectivity index (χ2n) is 4.67. The van der Waals surface area contributed by atoms with Gasteiger partial charge in [-0.25, -0.2) is 13.1 Å². The molecule has 2 aromatic carbocycles. The van der Waals surface area contributed by atoms with E-state index >= 15 is 0 Å². The van der Waals surface area contributed by atoms with E-state index in [0.29, 0.717) is 5.56 Å². The van der Waals surface area contributed by atoms with Gasteiger partial charge in [0, 0.05) is 6.54 Å². The summed E-state index contributed by atoms with van der Waals surface area (Å²) in [4.78, 5) is -0.0330. The summed E-state index contributed by atoms with van der Waals surface area (Å²) in [6.07, 6.45) is -4.42. The van der Waals surface area contributed by atoms with Crippen molar-refractivity contribution in [3.8, 4) is 5.75 Å². The standard InChI is InChI=1S/C15H14F3NO3S/c1-22-13-4-2-3-5-14(13)23(20,21)19-10-11-6-8-12(9-7-11)15(16,17)18/h2-9,19H,10H2,1H3. The van der Waals surface area contributed by atoms with Crippen molar-refractivity contribution in [1.82, 2.24) is 4.72 Å². The van der Waals surface area contributed by atoms with E-state index in [2.05, 4.69) is 4.72 Å². The summed E-state index contributed by atoms with van der Waals surface area (Å²) in [5.74, 6) is 0.187. The van der Waals surface area contributed by atoms with Gasteiger partial charge in [0.05, 0.1) is 12.7 Å². The van der Waals surface area contributed by atoms with Crippen molar-refractivity contribution in [1.29, 1.82) is 0 Å². The fraction of sp³-hybridized carbons (Fsp3) is 0.200. The molecule has 2 aromatic rings. The molecule has 0 heterocycles. The molecule has 124 valence electrons. The topological polar surface area (TPSA) is 55.4 Å². The number of methoxy groups -OCH3 is 1. The fourth-order valence-electron chi connectivity index (χ4n) is 1.91. The van der Waals surface area contributed by atoms with Gasteiger partial charge in [-0.2, -0.15) is 13.2 Å². The van der Waals surface area contributed by atoms with E-state index in [9.17, 15) is 21.6 Å². The number of sulfonamides is 1. The van der Waals surface area contributed by atoms with Crippen LogP contribution in [0.3, 0.4) is 0 Å². The first-order chi connectivity index (χ1) is 10.7. The van der Waals surface area contributed by atoms with Crippen LogP contribution >= 0.6 is 0 Å². The van der Waals surface area contributed by atoms with Crippen LogP contribution in [-0.2, 0) is 22.7 Å². The van der Waals surface area contributed by atoms with E-state index in [1.54, 1.807) is 12.1 Å². The minimum Gasteiger partial charge on any atom is -0.495 e. The van der Waals surface area contributed by atoms with E-state index in [4.69, 9.17) is 4.74 Å². The lowest BCUT2D eigenvalue weighted by atomic mass is 10.1. The predicted molar refractivity (Wildman–Crippen MR) is 78.5 cm³/mol. The third-order valence-corrected chi connectivity index (χ3v) is 4.55. The van der Waals surface area contributed by atoms with Gasteiger partial charge in [-0.3, -0.25) is 0 Å². The molecule has 0 aliphatic carbocycles. The molecule has 0 saturated heterocycles. The molecule has 2 rings (SSSR count). The third-order valence-electron chi connectivity index (χ3n) is 3.11. The van der Waals surface area contributed by atoms with E-state index < -0.39 is 21.8 Å². The Morgan fingerprint density at radius 2 is 1.65 bits per heavy atom. The highest BCUT2D eigenvalue weighted by Crippen LogP contribution is 2.29. The van der Waals surface area contributed by atoms with Crippen molar-refractivity contribution in [3.63, 3.8) is 0 Å². The molecular weight excluding hydrogens is 331 g/mol. The van der Waals surface area contributed by atoms with Crippen LogP contribution in [0.2, 0.25) is 0 Å². The van der Waals surface area contributed by atoms with Gasteiger partial charge in [0.1, 0.15) is 10.6 Å². The van der Waals surface area contributed by atoms with E-state index in [-0.39, 0.29) is 17.2 Å². The first-order valence-electron chi connectivity index (χ1n) is 6.53. The van der Waals surface area contributed by atoms with E-state index in [0.717, 1.165) is 12.1 Å². The molecule has 0 aliphatic heterocycles. The van der Waals surface area contributed by atoms with Crippen LogP contribution in [-0.4, -0.2) is 15.5 Å². The Hall–Kier alpha value is -2.06. The average Bonchev–Trinajstić information content (AvgIpc) is 2.52. The molecule has 0 aromatic heterocycles. The van der Waals surface area contributed by atoms with Crippen LogP contribution in [0.15, 0.2) is 53.4 Å². The summed E-state index contributed by atoms with van der Waals surface area (Å²) in [5, 5.41) is 0. The molecule has 0 amide bonds. The van der Waals surface area contributed by atoms with E-state index in [1.807, 2.05) is 0 Å². The molecule has 0 bridgehead atoms. The van der Waals surface area contributed by atoms with Crippen molar-refractivity contribution < 1.29 is 26.3 Å². The number of benzene rings is 2. The number of nitrogens with one attached hydrogen (secondary N) is 1. The highest BCUT2D eigenvalue weighted by atomic mass is 32.2. The number of rotatable bonds is 5. The number of hydrogen-bond donors (Lipinski definition) is 1. The SMILES string of the molecule is COc1ccccc1S(=O)(=O)NCc1ccc(C(F)(F)F)cc1. The number of hydrogen-bond acceptors (Lipinski definition) is 3. The van der Waals surface area contributed by atoms with Gasteiger partial charge < -0.3 is 4.74 Å². The van der Waals surface area contributed by atoms with Crippen LogP contribution in [0.25, 0.3) is 0 Å². The molecular formula is C15H14F3NO3S. The van der Waals surface area contributed by atoms with Gasteiger partial charge in [0.2, 0.25) is 10.0 Å². The zero-order chi connectivity index (χ0) is 17.1. The molecule has 0 unspecified atom stereocenters. The number of para-hydroxylation sites is 1. The van der Waals surface area contributed by atoms with Crippen LogP contribution < -0.4 is 9.46 Å². The maximum absolute atomic E-state index is 12.5. The molecule has 23 heavy (non-hydrogen) atoms. The lowest BCUT2D eigenvalue weighted by Gasteiger charge is -2.11. The van der Waals surface area contributed by atoms with Gasteiger partial charge in [-0.05, 0) is 29.8 Å². The Kier molecular flexibility index (Phi) is 4.96. The molecule has 0 spiro atoms. The summed E-state index contributed by atoms with van der Waals surface area (Å²) in [5.41, 5.74) is -0.370. The second kappa shape index (κ2) is 6.59. The van der Waals surface area contributed by atoms with Crippen molar-refractivity contribution >= 4 is 10.0 Å². The van der Waals surface area contributed by atoms with Gasteiger partial charge in [0.25, 0.3) is 0 Å². The summed E-state index contributed by atoms with van der Waals surface area (Å²) >= 11 is 0. The van der Waals surface area contributed by atoms with Crippen molar-refractivity contribution in [2.24, 2.45) is 0 Å². The first-order valence-corrected chi connectivity index (χ1v) is 8.01. The predicted octanol–water partition coefficient (Wildman–Crippen LogP) is 3.19. The minimum atomic E-state index is -4.42. The van der Waals surface area contributed by atoms with Gasteiger partial charge in [-0.15, -0.1) is 0 Å². The molecule has 0 atom stereocenters. The molecule has 0 radical (unpaired) electrons. The second-order valence-corrected chi connectivity index (χ2v) is 6.41. The number of ether oxygens (including phenoxy) is 1. The van der Waals surface area contributed by atoms with Gasteiger partial charge in [-0.1, -0.05) is 24.3 Å². The van der Waals surface area contributed by atoms with Gasteiger partial charge >= 0.3 is 6.18 Å². The number of halogens is 3.